The first-order valence-corrected chi connectivity index (χ1v) is 6.50. The van der Waals surface area contributed by atoms with Crippen molar-refractivity contribution in [1.29, 1.82) is 0 Å². The smallest absolute Gasteiger partial charge is 0.00671 e. The van der Waals surface area contributed by atoms with Gasteiger partial charge in [0.15, 0.2) is 0 Å². The molecule has 0 aromatic carbocycles. The molecule has 0 amide bonds. The van der Waals surface area contributed by atoms with Gasteiger partial charge in [-0.05, 0) is 50.5 Å². The van der Waals surface area contributed by atoms with Gasteiger partial charge in [-0.15, -0.1) is 0 Å². The Hall–Kier alpha value is -0.0400. The maximum atomic E-state index is 3.61. The lowest BCUT2D eigenvalue weighted by Crippen LogP contribution is -2.40. The van der Waals surface area contributed by atoms with Crippen LogP contribution >= 0.6 is 0 Å². The largest absolute Gasteiger partial charge is 0.314 e. The highest BCUT2D eigenvalue weighted by atomic mass is 14.9. The minimum atomic E-state index is 0.770. The summed E-state index contributed by atoms with van der Waals surface area (Å²) in [6.07, 6.45) is 8.84. The molecule has 1 heterocycles. The fraction of sp³-hybridized carbons (Fsp3) is 1.00. The van der Waals surface area contributed by atoms with Crippen LogP contribution in [0, 0.1) is 17.8 Å². The van der Waals surface area contributed by atoms with Crippen LogP contribution in [0.3, 0.4) is 0 Å². The monoisotopic (exact) mass is 195 g/mol. The molecule has 82 valence electrons. The van der Waals surface area contributed by atoms with E-state index in [-0.39, 0.29) is 0 Å². The Morgan fingerprint density at radius 2 is 2.00 bits per heavy atom. The summed E-state index contributed by atoms with van der Waals surface area (Å²) < 4.78 is 0. The standard InChI is InChI=1S/C13H25N/c1-10(12-5-3-6-12)9-13-7-4-8-14-11(13)2/h10-14H,3-9H2,1-2H3. The van der Waals surface area contributed by atoms with Gasteiger partial charge in [0.25, 0.3) is 0 Å². The molecule has 1 saturated carbocycles. The lowest BCUT2D eigenvalue weighted by atomic mass is 9.72. The van der Waals surface area contributed by atoms with Gasteiger partial charge in [0, 0.05) is 6.04 Å². The van der Waals surface area contributed by atoms with Gasteiger partial charge >= 0.3 is 0 Å². The molecule has 0 bridgehead atoms. The normalized spacial score (nSPS) is 36.4. The van der Waals surface area contributed by atoms with E-state index in [0.29, 0.717) is 0 Å². The van der Waals surface area contributed by atoms with Crippen LogP contribution in [0.2, 0.25) is 0 Å². The van der Waals surface area contributed by atoms with Crippen molar-refractivity contribution in [1.82, 2.24) is 5.32 Å². The van der Waals surface area contributed by atoms with Crippen molar-refractivity contribution >= 4 is 0 Å². The zero-order chi connectivity index (χ0) is 9.97. The van der Waals surface area contributed by atoms with Crippen LogP contribution in [-0.2, 0) is 0 Å². The van der Waals surface area contributed by atoms with Crippen LogP contribution in [0.25, 0.3) is 0 Å². The van der Waals surface area contributed by atoms with Crippen LogP contribution < -0.4 is 5.32 Å². The molecule has 1 saturated heterocycles. The van der Waals surface area contributed by atoms with Gasteiger partial charge in [0.1, 0.15) is 0 Å². The Kier molecular flexibility index (Phi) is 3.48. The molecule has 2 rings (SSSR count). The molecule has 1 nitrogen and oxygen atoms in total. The van der Waals surface area contributed by atoms with Crippen molar-refractivity contribution in [3.63, 3.8) is 0 Å². The molecule has 1 aliphatic carbocycles. The number of hydrogen-bond donors (Lipinski definition) is 1. The zero-order valence-corrected chi connectivity index (χ0v) is 9.76. The van der Waals surface area contributed by atoms with Crippen molar-refractivity contribution in [2.75, 3.05) is 6.54 Å². The fourth-order valence-corrected chi connectivity index (χ4v) is 3.11. The van der Waals surface area contributed by atoms with Gasteiger partial charge in [0.05, 0.1) is 0 Å². The van der Waals surface area contributed by atoms with Crippen molar-refractivity contribution in [3.8, 4) is 0 Å². The molecule has 2 aliphatic rings. The lowest BCUT2D eigenvalue weighted by Gasteiger charge is -2.37. The minimum absolute atomic E-state index is 0.770. The van der Waals surface area contributed by atoms with Gasteiger partial charge in [0.2, 0.25) is 0 Å². The van der Waals surface area contributed by atoms with E-state index in [2.05, 4.69) is 19.2 Å². The summed E-state index contributed by atoms with van der Waals surface area (Å²) in [4.78, 5) is 0. The van der Waals surface area contributed by atoms with Crippen LogP contribution in [0.15, 0.2) is 0 Å². The molecular weight excluding hydrogens is 170 g/mol. The van der Waals surface area contributed by atoms with E-state index in [1.54, 1.807) is 0 Å². The van der Waals surface area contributed by atoms with Gasteiger partial charge in [-0.1, -0.05) is 26.2 Å². The predicted molar refractivity (Wildman–Crippen MR) is 61.3 cm³/mol. The summed E-state index contributed by atoms with van der Waals surface area (Å²) >= 11 is 0. The maximum absolute atomic E-state index is 3.61. The van der Waals surface area contributed by atoms with Gasteiger partial charge < -0.3 is 5.32 Å². The number of piperidine rings is 1. The summed E-state index contributed by atoms with van der Waals surface area (Å²) in [6, 6.07) is 0.770. The molecule has 3 unspecified atom stereocenters. The molecule has 1 heteroatoms. The SMILES string of the molecule is CC(CC1CCCNC1C)C1CCC1. The average molecular weight is 195 g/mol. The van der Waals surface area contributed by atoms with E-state index >= 15 is 0 Å². The Labute approximate surface area is 88.7 Å². The van der Waals surface area contributed by atoms with E-state index in [0.717, 1.165) is 23.8 Å². The van der Waals surface area contributed by atoms with Crippen molar-refractivity contribution in [3.05, 3.63) is 0 Å². The number of hydrogen-bond acceptors (Lipinski definition) is 1. The first-order chi connectivity index (χ1) is 6.77. The van der Waals surface area contributed by atoms with Crippen molar-refractivity contribution in [2.24, 2.45) is 17.8 Å². The second-order valence-electron chi connectivity index (χ2n) is 5.55. The van der Waals surface area contributed by atoms with Gasteiger partial charge in [-0.3, -0.25) is 0 Å². The quantitative estimate of drug-likeness (QED) is 0.729. The summed E-state index contributed by atoms with van der Waals surface area (Å²) in [5.74, 6) is 3.01. The molecule has 0 radical (unpaired) electrons. The van der Waals surface area contributed by atoms with Crippen LogP contribution in [0.5, 0.6) is 0 Å². The molecule has 0 aromatic heterocycles. The molecule has 0 aromatic rings. The molecule has 0 spiro atoms. The van der Waals surface area contributed by atoms with Gasteiger partial charge in [-0.2, -0.15) is 0 Å². The maximum Gasteiger partial charge on any atom is 0.00671 e. The topological polar surface area (TPSA) is 12.0 Å². The highest BCUT2D eigenvalue weighted by Crippen LogP contribution is 2.37. The van der Waals surface area contributed by atoms with E-state index < -0.39 is 0 Å². The predicted octanol–water partition coefficient (Wildman–Crippen LogP) is 3.20. The summed E-state index contributed by atoms with van der Waals surface area (Å²) in [7, 11) is 0. The first-order valence-electron chi connectivity index (χ1n) is 6.50. The second kappa shape index (κ2) is 4.65. The van der Waals surface area contributed by atoms with E-state index in [1.165, 1.54) is 45.1 Å². The third-order valence-electron chi connectivity index (χ3n) is 4.55. The highest BCUT2D eigenvalue weighted by molar-refractivity contribution is 4.82. The number of nitrogens with one attached hydrogen (secondary N) is 1. The lowest BCUT2D eigenvalue weighted by molar-refractivity contribution is 0.161. The molecule has 1 aliphatic heterocycles. The second-order valence-corrected chi connectivity index (χ2v) is 5.55. The van der Waals surface area contributed by atoms with Crippen molar-refractivity contribution in [2.45, 2.75) is 58.4 Å². The van der Waals surface area contributed by atoms with Crippen LogP contribution in [0.4, 0.5) is 0 Å². The molecule has 1 N–H and O–H groups in total. The fourth-order valence-electron chi connectivity index (χ4n) is 3.11. The Morgan fingerprint density at radius 1 is 1.21 bits per heavy atom. The minimum Gasteiger partial charge on any atom is -0.314 e. The van der Waals surface area contributed by atoms with E-state index in [9.17, 15) is 0 Å². The summed E-state index contributed by atoms with van der Waals surface area (Å²) in [6.45, 7) is 6.10. The van der Waals surface area contributed by atoms with Crippen LogP contribution in [0.1, 0.15) is 52.4 Å². The van der Waals surface area contributed by atoms with Gasteiger partial charge in [-0.25, -0.2) is 0 Å². The Bertz CT molecular complexity index is 174. The third-order valence-corrected chi connectivity index (χ3v) is 4.55. The summed E-state index contributed by atoms with van der Waals surface area (Å²) in [5, 5.41) is 3.61. The molecule has 14 heavy (non-hydrogen) atoms. The first kappa shape index (κ1) is 10.5. The Balaban J connectivity index is 1.76. The van der Waals surface area contributed by atoms with E-state index in [4.69, 9.17) is 0 Å². The number of rotatable bonds is 3. The third kappa shape index (κ3) is 2.31. The molecule has 2 fully saturated rings. The zero-order valence-electron chi connectivity index (χ0n) is 9.76. The van der Waals surface area contributed by atoms with Crippen molar-refractivity contribution < 1.29 is 0 Å². The van der Waals surface area contributed by atoms with E-state index in [1.807, 2.05) is 0 Å². The van der Waals surface area contributed by atoms with Crippen LogP contribution in [-0.4, -0.2) is 12.6 Å². The molecular formula is C13H25N. The highest BCUT2D eigenvalue weighted by Gasteiger charge is 2.28. The Morgan fingerprint density at radius 3 is 2.57 bits per heavy atom. The summed E-state index contributed by atoms with van der Waals surface area (Å²) in [5.41, 5.74) is 0. The molecule has 3 atom stereocenters. The average Bonchev–Trinajstić information content (AvgIpc) is 2.05.